The third kappa shape index (κ3) is 3.12. The van der Waals surface area contributed by atoms with Crippen LogP contribution in [0.1, 0.15) is 33.8 Å². The molecule has 0 spiro atoms. The van der Waals surface area contributed by atoms with Crippen molar-refractivity contribution >= 4 is 27.5 Å². The minimum absolute atomic E-state index is 0.125. The predicted molar refractivity (Wildman–Crippen MR) is 87.0 cm³/mol. The molecular weight excluding hydrogens is 339 g/mol. The fourth-order valence-corrected chi connectivity index (χ4v) is 4.12. The van der Waals surface area contributed by atoms with E-state index in [0.29, 0.717) is 41.4 Å². The summed E-state index contributed by atoms with van der Waals surface area (Å²) in [7, 11) is 0. The molecule has 3 heterocycles. The Morgan fingerprint density at radius 1 is 1.38 bits per heavy atom. The van der Waals surface area contributed by atoms with Crippen molar-refractivity contribution in [2.24, 2.45) is 11.7 Å². The Morgan fingerprint density at radius 2 is 2.04 bits per heavy atom. The van der Waals surface area contributed by atoms with Gasteiger partial charge < -0.3 is 10.6 Å². The summed E-state index contributed by atoms with van der Waals surface area (Å²) in [4.78, 5) is 18.9. The molecule has 24 heavy (non-hydrogen) atoms. The number of pyridine rings is 1. The highest BCUT2D eigenvalue weighted by Crippen LogP contribution is 2.35. The summed E-state index contributed by atoms with van der Waals surface area (Å²) in [5.74, 6) is 0.313. The van der Waals surface area contributed by atoms with Gasteiger partial charge in [-0.1, -0.05) is 0 Å². The SMILES string of the molecule is Cc1c(C(=O)N2CCC(CN)CC2)sc2nc(C(F)(F)F)ccc12. The summed E-state index contributed by atoms with van der Waals surface area (Å²) in [5, 5.41) is 0.605. The summed E-state index contributed by atoms with van der Waals surface area (Å²) in [6.45, 7) is 3.65. The quantitative estimate of drug-likeness (QED) is 0.896. The third-order valence-electron chi connectivity index (χ3n) is 4.52. The summed E-state index contributed by atoms with van der Waals surface area (Å²) < 4.78 is 38.4. The molecule has 0 aromatic carbocycles. The maximum Gasteiger partial charge on any atom is 0.433 e. The van der Waals surface area contributed by atoms with E-state index in [1.54, 1.807) is 11.8 Å². The van der Waals surface area contributed by atoms with Gasteiger partial charge in [-0.25, -0.2) is 4.98 Å². The minimum Gasteiger partial charge on any atom is -0.338 e. The monoisotopic (exact) mass is 357 g/mol. The van der Waals surface area contributed by atoms with E-state index >= 15 is 0 Å². The zero-order valence-corrected chi connectivity index (χ0v) is 14.0. The van der Waals surface area contributed by atoms with Crippen LogP contribution in [-0.2, 0) is 6.18 Å². The number of alkyl halides is 3. The molecule has 4 nitrogen and oxygen atoms in total. The molecule has 1 amide bonds. The lowest BCUT2D eigenvalue weighted by Crippen LogP contribution is -2.39. The summed E-state index contributed by atoms with van der Waals surface area (Å²) in [5.41, 5.74) is 5.42. The van der Waals surface area contributed by atoms with E-state index in [4.69, 9.17) is 5.73 Å². The highest BCUT2D eigenvalue weighted by molar-refractivity contribution is 7.20. The first kappa shape index (κ1) is 17.2. The molecule has 0 radical (unpaired) electrons. The number of likely N-dealkylation sites (tertiary alicyclic amines) is 1. The van der Waals surface area contributed by atoms with Gasteiger partial charge in [0.05, 0.1) is 4.88 Å². The van der Waals surface area contributed by atoms with Crippen LogP contribution in [0.2, 0.25) is 0 Å². The lowest BCUT2D eigenvalue weighted by Gasteiger charge is -2.31. The average molecular weight is 357 g/mol. The number of nitrogens with zero attached hydrogens (tertiary/aromatic N) is 2. The van der Waals surface area contributed by atoms with E-state index in [2.05, 4.69) is 4.98 Å². The smallest absolute Gasteiger partial charge is 0.338 e. The first-order chi connectivity index (χ1) is 11.3. The maximum absolute atomic E-state index is 12.8. The molecule has 0 atom stereocenters. The van der Waals surface area contributed by atoms with Crippen molar-refractivity contribution in [2.45, 2.75) is 25.9 Å². The Hall–Kier alpha value is -1.67. The number of fused-ring (bicyclic) bond motifs is 1. The second-order valence-corrected chi connectivity index (χ2v) is 7.07. The molecule has 2 aromatic rings. The van der Waals surface area contributed by atoms with Crippen molar-refractivity contribution < 1.29 is 18.0 Å². The number of carbonyl (C=O) groups excluding carboxylic acids is 1. The van der Waals surface area contributed by atoms with Gasteiger partial charge in [0.2, 0.25) is 0 Å². The van der Waals surface area contributed by atoms with Crippen molar-refractivity contribution in [3.05, 3.63) is 28.3 Å². The largest absolute Gasteiger partial charge is 0.433 e. The Morgan fingerprint density at radius 3 is 2.62 bits per heavy atom. The van der Waals surface area contributed by atoms with Gasteiger partial charge in [-0.15, -0.1) is 11.3 Å². The van der Waals surface area contributed by atoms with Gasteiger partial charge in [0.25, 0.3) is 5.91 Å². The topological polar surface area (TPSA) is 59.2 Å². The summed E-state index contributed by atoms with van der Waals surface area (Å²) in [6.07, 6.45) is -2.76. The molecule has 0 bridgehead atoms. The van der Waals surface area contributed by atoms with Gasteiger partial charge in [0.1, 0.15) is 10.5 Å². The van der Waals surface area contributed by atoms with Crippen molar-refractivity contribution in [2.75, 3.05) is 19.6 Å². The molecule has 2 N–H and O–H groups in total. The molecule has 1 saturated heterocycles. The lowest BCUT2D eigenvalue weighted by molar-refractivity contribution is -0.140. The van der Waals surface area contributed by atoms with Crippen LogP contribution in [0.25, 0.3) is 10.2 Å². The number of nitrogens with two attached hydrogens (primary N) is 1. The van der Waals surface area contributed by atoms with Crippen molar-refractivity contribution in [3.63, 3.8) is 0 Å². The van der Waals surface area contributed by atoms with Crippen LogP contribution in [0.5, 0.6) is 0 Å². The number of carbonyl (C=O) groups is 1. The number of rotatable bonds is 2. The van der Waals surface area contributed by atoms with E-state index in [9.17, 15) is 18.0 Å². The van der Waals surface area contributed by atoms with E-state index in [0.717, 1.165) is 30.2 Å². The molecule has 1 fully saturated rings. The average Bonchev–Trinajstić information content (AvgIpc) is 2.90. The van der Waals surface area contributed by atoms with Crippen LogP contribution in [0.3, 0.4) is 0 Å². The van der Waals surface area contributed by atoms with Crippen LogP contribution < -0.4 is 5.73 Å². The Balaban J connectivity index is 1.89. The van der Waals surface area contributed by atoms with Crippen LogP contribution in [0, 0.1) is 12.8 Å². The molecule has 8 heteroatoms. The molecule has 3 rings (SSSR count). The van der Waals surface area contributed by atoms with Crippen LogP contribution in [0.4, 0.5) is 13.2 Å². The molecule has 0 aliphatic carbocycles. The number of aryl methyl sites for hydroxylation is 1. The number of amides is 1. The van der Waals surface area contributed by atoms with Crippen molar-refractivity contribution in [3.8, 4) is 0 Å². The fraction of sp³-hybridized carbons (Fsp3) is 0.500. The second-order valence-electron chi connectivity index (χ2n) is 6.07. The zero-order chi connectivity index (χ0) is 17.5. The lowest BCUT2D eigenvalue weighted by atomic mass is 9.97. The number of piperidine rings is 1. The maximum atomic E-state index is 12.8. The van der Waals surface area contributed by atoms with Crippen molar-refractivity contribution in [1.29, 1.82) is 0 Å². The van der Waals surface area contributed by atoms with Gasteiger partial charge in [0.15, 0.2) is 0 Å². The summed E-state index contributed by atoms with van der Waals surface area (Å²) in [6, 6.07) is 2.36. The number of hydrogen-bond acceptors (Lipinski definition) is 4. The van der Waals surface area contributed by atoms with E-state index in [1.807, 2.05) is 0 Å². The van der Waals surface area contributed by atoms with Crippen LogP contribution >= 0.6 is 11.3 Å². The minimum atomic E-state index is -4.49. The first-order valence-electron chi connectivity index (χ1n) is 7.78. The highest BCUT2D eigenvalue weighted by atomic mass is 32.1. The third-order valence-corrected chi connectivity index (χ3v) is 5.71. The number of halogens is 3. The Bertz CT molecular complexity index is 764. The van der Waals surface area contributed by atoms with Gasteiger partial charge in [-0.3, -0.25) is 4.79 Å². The molecule has 2 aromatic heterocycles. The Labute approximate surface area is 141 Å². The molecule has 1 aliphatic heterocycles. The van der Waals surface area contributed by atoms with E-state index in [-0.39, 0.29) is 10.7 Å². The molecule has 0 unspecified atom stereocenters. The standard InChI is InChI=1S/C16H18F3N3OS/c1-9-11-2-3-12(16(17,18)19)21-14(11)24-13(9)15(23)22-6-4-10(8-20)5-7-22/h2-3,10H,4-8,20H2,1H3. The van der Waals surface area contributed by atoms with Gasteiger partial charge in [-0.2, -0.15) is 13.2 Å². The molecular formula is C16H18F3N3OS. The molecule has 1 aliphatic rings. The van der Waals surface area contributed by atoms with Crippen LogP contribution in [0.15, 0.2) is 12.1 Å². The van der Waals surface area contributed by atoms with Gasteiger partial charge in [-0.05, 0) is 49.9 Å². The van der Waals surface area contributed by atoms with E-state index < -0.39 is 11.9 Å². The van der Waals surface area contributed by atoms with Crippen molar-refractivity contribution in [1.82, 2.24) is 9.88 Å². The molecule has 0 saturated carbocycles. The Kier molecular flexibility index (Phi) is 4.52. The molecule has 130 valence electrons. The fourth-order valence-electron chi connectivity index (χ4n) is 2.98. The number of hydrogen-bond donors (Lipinski definition) is 1. The second kappa shape index (κ2) is 6.33. The highest BCUT2D eigenvalue weighted by Gasteiger charge is 2.33. The van der Waals surface area contributed by atoms with Gasteiger partial charge in [0, 0.05) is 18.5 Å². The van der Waals surface area contributed by atoms with Crippen LogP contribution in [-0.4, -0.2) is 35.4 Å². The first-order valence-corrected chi connectivity index (χ1v) is 8.59. The number of thiophene rings is 1. The summed E-state index contributed by atoms with van der Waals surface area (Å²) >= 11 is 1.04. The van der Waals surface area contributed by atoms with E-state index in [1.165, 1.54) is 6.07 Å². The normalized spacial score (nSPS) is 16.8. The van der Waals surface area contributed by atoms with Gasteiger partial charge >= 0.3 is 6.18 Å². The predicted octanol–water partition coefficient (Wildman–Crippen LogP) is 3.43. The zero-order valence-electron chi connectivity index (χ0n) is 13.2. The number of aromatic nitrogens is 1.